The molecule has 0 fully saturated rings. The molecule has 1 N–H and O–H groups in total. The highest BCUT2D eigenvalue weighted by Crippen LogP contribution is 2.20. The molecule has 0 aliphatic carbocycles. The first-order valence-corrected chi connectivity index (χ1v) is 9.66. The number of hydrogen-bond acceptors (Lipinski definition) is 5. The predicted molar refractivity (Wildman–Crippen MR) is 105 cm³/mol. The fraction of sp³-hybridized carbons (Fsp3) is 0.211. The Morgan fingerprint density at radius 3 is 2.69 bits per heavy atom. The van der Waals surface area contributed by atoms with Gasteiger partial charge < -0.3 is 9.32 Å². The van der Waals surface area contributed by atoms with Crippen molar-refractivity contribution in [3.05, 3.63) is 75.9 Å². The molecule has 0 aliphatic rings. The van der Waals surface area contributed by atoms with E-state index in [0.29, 0.717) is 23.8 Å². The standard InChI is InChI=1S/C19H18N4OS2/c1-22(12-18-20-15-9-5-6-10-16(15)26-18)13-23-19(25)24-17(21-23)11-14-7-3-2-4-8-14/h2-10H,11-13H2,1H3/p+1. The molecule has 7 heteroatoms. The lowest BCUT2D eigenvalue weighted by Crippen LogP contribution is -3.07. The summed E-state index contributed by atoms with van der Waals surface area (Å²) in [4.78, 5) is 6.36. The van der Waals surface area contributed by atoms with E-state index in [-0.39, 0.29) is 0 Å². The van der Waals surface area contributed by atoms with E-state index in [9.17, 15) is 0 Å². The Morgan fingerprint density at radius 1 is 1.12 bits per heavy atom. The van der Waals surface area contributed by atoms with Crippen LogP contribution >= 0.6 is 23.6 Å². The Labute approximate surface area is 160 Å². The van der Waals surface area contributed by atoms with Crippen molar-refractivity contribution < 1.29 is 9.32 Å². The highest BCUT2D eigenvalue weighted by molar-refractivity contribution is 7.71. The number of thiazole rings is 1. The highest BCUT2D eigenvalue weighted by Gasteiger charge is 2.13. The fourth-order valence-electron chi connectivity index (χ4n) is 2.86. The van der Waals surface area contributed by atoms with Crippen molar-refractivity contribution in [1.29, 1.82) is 0 Å². The number of hydrogen-bond donors (Lipinski definition) is 1. The monoisotopic (exact) mass is 383 g/mol. The minimum Gasteiger partial charge on any atom is -0.413 e. The van der Waals surface area contributed by atoms with Crippen LogP contribution in [0.25, 0.3) is 10.2 Å². The van der Waals surface area contributed by atoms with Crippen LogP contribution in [0, 0.1) is 4.84 Å². The van der Waals surface area contributed by atoms with E-state index in [1.54, 1.807) is 16.0 Å². The normalized spacial score (nSPS) is 12.5. The second kappa shape index (κ2) is 7.49. The Bertz CT molecular complexity index is 1030. The van der Waals surface area contributed by atoms with E-state index in [1.807, 2.05) is 36.4 Å². The summed E-state index contributed by atoms with van der Waals surface area (Å²) < 4.78 is 8.64. The molecular formula is C19H19N4OS2+. The predicted octanol–water partition coefficient (Wildman–Crippen LogP) is 3.08. The number of aromatic nitrogens is 3. The van der Waals surface area contributed by atoms with Crippen molar-refractivity contribution in [1.82, 2.24) is 14.8 Å². The summed E-state index contributed by atoms with van der Waals surface area (Å²) in [5.41, 5.74) is 2.22. The molecule has 0 aliphatic heterocycles. The lowest BCUT2D eigenvalue weighted by Gasteiger charge is -2.11. The third-order valence-corrected chi connectivity index (χ3v) is 5.39. The SMILES string of the molecule is C[NH+](Cc1nc2ccccc2s1)Cn1nc(Cc2ccccc2)oc1=S. The van der Waals surface area contributed by atoms with Crippen molar-refractivity contribution in [3.8, 4) is 0 Å². The zero-order valence-corrected chi connectivity index (χ0v) is 16.0. The molecule has 4 rings (SSSR count). The Kier molecular flexibility index (Phi) is 4.92. The van der Waals surface area contributed by atoms with Gasteiger partial charge in [-0.1, -0.05) is 42.5 Å². The number of rotatable bonds is 6. The van der Waals surface area contributed by atoms with E-state index < -0.39 is 0 Å². The van der Waals surface area contributed by atoms with Crippen LogP contribution in [-0.2, 0) is 19.6 Å². The molecule has 0 saturated carbocycles. The molecule has 1 unspecified atom stereocenters. The quantitative estimate of drug-likeness (QED) is 0.520. The van der Waals surface area contributed by atoms with Crippen LogP contribution in [0.1, 0.15) is 16.5 Å². The van der Waals surface area contributed by atoms with Gasteiger partial charge in [0.2, 0.25) is 5.89 Å². The summed E-state index contributed by atoms with van der Waals surface area (Å²) in [5, 5.41) is 5.65. The molecule has 0 radical (unpaired) electrons. The third kappa shape index (κ3) is 3.90. The number of para-hydroxylation sites is 1. The van der Waals surface area contributed by atoms with Gasteiger partial charge >= 0.3 is 0 Å². The Hall–Kier alpha value is -2.35. The molecule has 2 aromatic heterocycles. The topological polar surface area (TPSA) is 48.3 Å². The number of nitrogens with zero attached hydrogens (tertiary/aromatic N) is 3. The average Bonchev–Trinajstić information content (AvgIpc) is 3.18. The van der Waals surface area contributed by atoms with Crippen molar-refractivity contribution in [2.45, 2.75) is 19.6 Å². The maximum Gasteiger partial charge on any atom is 0.291 e. The second-order valence-electron chi connectivity index (χ2n) is 6.29. The summed E-state index contributed by atoms with van der Waals surface area (Å²) in [6, 6.07) is 18.4. The molecule has 0 saturated heterocycles. The van der Waals surface area contributed by atoms with Gasteiger partial charge in [-0.05, 0) is 29.9 Å². The first-order valence-electron chi connectivity index (χ1n) is 8.44. The third-order valence-electron chi connectivity index (χ3n) is 4.06. The van der Waals surface area contributed by atoms with Gasteiger partial charge in [-0.15, -0.1) is 16.4 Å². The van der Waals surface area contributed by atoms with Crippen LogP contribution in [0.5, 0.6) is 0 Å². The van der Waals surface area contributed by atoms with Gasteiger partial charge in [0.05, 0.1) is 23.7 Å². The van der Waals surface area contributed by atoms with Crippen molar-refractivity contribution in [3.63, 3.8) is 0 Å². The van der Waals surface area contributed by atoms with Crippen LogP contribution in [0.15, 0.2) is 59.0 Å². The van der Waals surface area contributed by atoms with Gasteiger partial charge in [0, 0.05) is 0 Å². The second-order valence-corrected chi connectivity index (χ2v) is 7.76. The van der Waals surface area contributed by atoms with E-state index >= 15 is 0 Å². The molecule has 2 heterocycles. The van der Waals surface area contributed by atoms with Crippen LogP contribution in [0.3, 0.4) is 0 Å². The molecular weight excluding hydrogens is 364 g/mol. The van der Waals surface area contributed by atoms with Gasteiger partial charge in [0.25, 0.3) is 4.84 Å². The van der Waals surface area contributed by atoms with E-state index in [1.165, 1.54) is 9.60 Å². The molecule has 5 nitrogen and oxygen atoms in total. The smallest absolute Gasteiger partial charge is 0.291 e. The summed E-state index contributed by atoms with van der Waals surface area (Å²) in [7, 11) is 2.11. The van der Waals surface area contributed by atoms with E-state index in [0.717, 1.165) is 22.6 Å². The molecule has 0 spiro atoms. The first kappa shape index (κ1) is 17.1. The van der Waals surface area contributed by atoms with Crippen LogP contribution < -0.4 is 4.90 Å². The summed E-state index contributed by atoms with van der Waals surface area (Å²) >= 11 is 7.07. The molecule has 0 amide bonds. The largest absolute Gasteiger partial charge is 0.413 e. The molecule has 1 atom stereocenters. The summed E-state index contributed by atoms with van der Waals surface area (Å²) in [5.74, 6) is 0.647. The Balaban J connectivity index is 1.44. The molecule has 2 aromatic carbocycles. The maximum atomic E-state index is 5.66. The van der Waals surface area contributed by atoms with Gasteiger partial charge in [0.15, 0.2) is 6.67 Å². The minimum atomic E-state index is 0.416. The van der Waals surface area contributed by atoms with Gasteiger partial charge in [-0.25, -0.2) is 4.98 Å². The first-order chi connectivity index (χ1) is 12.7. The lowest BCUT2D eigenvalue weighted by molar-refractivity contribution is -0.917. The van der Waals surface area contributed by atoms with Gasteiger partial charge in [-0.3, -0.25) is 0 Å². The van der Waals surface area contributed by atoms with Crippen LogP contribution in [0.2, 0.25) is 0 Å². The Morgan fingerprint density at radius 2 is 1.88 bits per heavy atom. The molecule has 132 valence electrons. The van der Waals surface area contributed by atoms with Gasteiger partial charge in [0.1, 0.15) is 11.6 Å². The van der Waals surface area contributed by atoms with E-state index in [4.69, 9.17) is 21.6 Å². The van der Waals surface area contributed by atoms with Crippen molar-refractivity contribution in [2.24, 2.45) is 0 Å². The number of quaternary nitrogens is 1. The zero-order chi connectivity index (χ0) is 17.9. The van der Waals surface area contributed by atoms with E-state index in [2.05, 4.69) is 30.3 Å². The number of fused-ring (bicyclic) bond motifs is 1. The maximum absolute atomic E-state index is 5.66. The highest BCUT2D eigenvalue weighted by atomic mass is 32.1. The van der Waals surface area contributed by atoms with Gasteiger partial charge in [-0.2, -0.15) is 4.68 Å². The number of benzene rings is 2. The molecule has 26 heavy (non-hydrogen) atoms. The molecule has 0 bridgehead atoms. The average molecular weight is 384 g/mol. The summed E-state index contributed by atoms with van der Waals surface area (Å²) in [6.45, 7) is 1.47. The zero-order valence-electron chi connectivity index (χ0n) is 14.4. The van der Waals surface area contributed by atoms with Crippen LogP contribution in [-0.4, -0.2) is 21.8 Å². The lowest BCUT2D eigenvalue weighted by atomic mass is 10.2. The summed E-state index contributed by atoms with van der Waals surface area (Å²) in [6.07, 6.45) is 0.647. The van der Waals surface area contributed by atoms with Crippen molar-refractivity contribution >= 4 is 33.8 Å². The van der Waals surface area contributed by atoms with Crippen LogP contribution in [0.4, 0.5) is 0 Å². The van der Waals surface area contributed by atoms with Crippen molar-refractivity contribution in [2.75, 3.05) is 7.05 Å². The minimum absolute atomic E-state index is 0.416. The number of nitrogens with one attached hydrogen (secondary N) is 1. The fourth-order valence-corrected chi connectivity index (χ4v) is 4.14. The molecule has 4 aromatic rings.